The Balaban J connectivity index is 1.57. The number of hydrogen-bond donors (Lipinski definition) is 2. The van der Waals surface area contributed by atoms with E-state index in [1.54, 1.807) is 0 Å². The standard InChI is InChI=1S/C23H20ClN3O/c24-18-12-10-16(11-13-18)14-15-25-21(17-6-2-1-3-7-17)23(28)22-19-8-4-5-9-20(19)26-27-22/h1-13,21,25H,14-15H2,(H,26,27)/t21-/m1/s1. The monoisotopic (exact) mass is 389 g/mol. The van der Waals surface area contributed by atoms with E-state index in [0.717, 1.165) is 27.9 Å². The highest BCUT2D eigenvalue weighted by molar-refractivity contribution is 6.30. The average molecular weight is 390 g/mol. The maximum absolute atomic E-state index is 13.3. The number of fused-ring (bicyclic) bond motifs is 1. The van der Waals surface area contributed by atoms with E-state index in [1.165, 1.54) is 5.56 Å². The lowest BCUT2D eigenvalue weighted by Crippen LogP contribution is -2.30. The molecule has 5 heteroatoms. The summed E-state index contributed by atoms with van der Waals surface area (Å²) < 4.78 is 0. The van der Waals surface area contributed by atoms with Crippen molar-refractivity contribution in [2.45, 2.75) is 12.5 Å². The Hall–Kier alpha value is -2.95. The highest BCUT2D eigenvalue weighted by Gasteiger charge is 2.25. The number of nitrogens with one attached hydrogen (secondary N) is 2. The smallest absolute Gasteiger partial charge is 0.205 e. The number of carbonyl (C=O) groups is 1. The van der Waals surface area contributed by atoms with E-state index in [2.05, 4.69) is 15.5 Å². The van der Waals surface area contributed by atoms with Crippen LogP contribution in [-0.4, -0.2) is 22.5 Å². The van der Waals surface area contributed by atoms with Crippen LogP contribution in [0.5, 0.6) is 0 Å². The third kappa shape index (κ3) is 3.98. The van der Waals surface area contributed by atoms with Crippen LogP contribution in [0.3, 0.4) is 0 Å². The van der Waals surface area contributed by atoms with Gasteiger partial charge >= 0.3 is 0 Å². The maximum Gasteiger partial charge on any atom is 0.205 e. The van der Waals surface area contributed by atoms with Gasteiger partial charge in [0.15, 0.2) is 0 Å². The molecular weight excluding hydrogens is 370 g/mol. The van der Waals surface area contributed by atoms with Crippen molar-refractivity contribution in [2.24, 2.45) is 0 Å². The largest absolute Gasteiger partial charge is 0.303 e. The normalized spacial score (nSPS) is 12.2. The van der Waals surface area contributed by atoms with E-state index in [9.17, 15) is 4.79 Å². The molecular formula is C23H20ClN3O. The minimum Gasteiger partial charge on any atom is -0.303 e. The Morgan fingerprint density at radius 3 is 2.46 bits per heavy atom. The second-order valence-corrected chi connectivity index (χ2v) is 7.09. The van der Waals surface area contributed by atoms with Crippen molar-refractivity contribution in [3.05, 3.63) is 101 Å². The lowest BCUT2D eigenvalue weighted by molar-refractivity contribution is 0.0940. The summed E-state index contributed by atoms with van der Waals surface area (Å²) in [7, 11) is 0. The first-order valence-electron chi connectivity index (χ1n) is 9.22. The van der Waals surface area contributed by atoms with Crippen molar-refractivity contribution in [1.29, 1.82) is 0 Å². The number of ketones is 1. The molecule has 4 rings (SSSR count). The minimum atomic E-state index is -0.458. The molecule has 0 spiro atoms. The van der Waals surface area contributed by atoms with E-state index >= 15 is 0 Å². The quantitative estimate of drug-likeness (QED) is 0.438. The van der Waals surface area contributed by atoms with Gasteiger partial charge in [0.2, 0.25) is 5.78 Å². The molecule has 4 aromatic rings. The van der Waals surface area contributed by atoms with Gasteiger partial charge in [-0.15, -0.1) is 0 Å². The number of aromatic nitrogens is 2. The highest BCUT2D eigenvalue weighted by atomic mass is 35.5. The SMILES string of the molecule is O=C(c1n[nH]c2ccccc12)[C@H](NCCc1ccc(Cl)cc1)c1ccccc1. The first-order valence-corrected chi connectivity index (χ1v) is 9.60. The Morgan fingerprint density at radius 1 is 0.964 bits per heavy atom. The van der Waals surface area contributed by atoms with Crippen molar-refractivity contribution >= 4 is 28.3 Å². The predicted octanol–water partition coefficient (Wildman–Crippen LogP) is 4.97. The molecule has 0 amide bonds. The van der Waals surface area contributed by atoms with E-state index in [1.807, 2.05) is 78.9 Å². The summed E-state index contributed by atoms with van der Waals surface area (Å²) in [5, 5.41) is 12.2. The van der Waals surface area contributed by atoms with Crippen molar-refractivity contribution in [1.82, 2.24) is 15.5 Å². The van der Waals surface area contributed by atoms with Gasteiger partial charge in [-0.2, -0.15) is 5.10 Å². The van der Waals surface area contributed by atoms with Gasteiger partial charge in [-0.25, -0.2) is 0 Å². The number of nitrogens with zero attached hydrogens (tertiary/aromatic N) is 1. The van der Waals surface area contributed by atoms with Gasteiger partial charge < -0.3 is 5.32 Å². The summed E-state index contributed by atoms with van der Waals surface area (Å²) in [6, 6.07) is 24.8. The lowest BCUT2D eigenvalue weighted by Gasteiger charge is -2.17. The molecule has 0 saturated heterocycles. The molecule has 0 saturated carbocycles. The Morgan fingerprint density at radius 2 is 1.68 bits per heavy atom. The van der Waals surface area contributed by atoms with Crippen LogP contribution < -0.4 is 5.32 Å². The molecule has 0 aliphatic rings. The second-order valence-electron chi connectivity index (χ2n) is 6.66. The van der Waals surface area contributed by atoms with Gasteiger partial charge in [0, 0.05) is 17.0 Å². The number of aromatic amines is 1. The Bertz CT molecular complexity index is 1070. The lowest BCUT2D eigenvalue weighted by atomic mass is 9.98. The average Bonchev–Trinajstić information content (AvgIpc) is 3.17. The fraction of sp³-hybridized carbons (Fsp3) is 0.130. The van der Waals surface area contributed by atoms with Crippen molar-refractivity contribution in [3.8, 4) is 0 Å². The third-order valence-corrected chi connectivity index (χ3v) is 5.03. The Labute approximate surface area is 168 Å². The Kier molecular flexibility index (Phi) is 5.51. The number of benzene rings is 3. The molecule has 1 aromatic heterocycles. The molecule has 0 aliphatic heterocycles. The van der Waals surface area contributed by atoms with Gasteiger partial charge in [-0.1, -0.05) is 72.3 Å². The van der Waals surface area contributed by atoms with Crippen LogP contribution in [0, 0.1) is 0 Å². The van der Waals surface area contributed by atoms with E-state index in [-0.39, 0.29) is 5.78 Å². The van der Waals surface area contributed by atoms with Crippen LogP contribution in [0.4, 0.5) is 0 Å². The van der Waals surface area contributed by atoms with Gasteiger partial charge in [0.1, 0.15) is 5.69 Å². The summed E-state index contributed by atoms with van der Waals surface area (Å²) in [5.74, 6) is -0.0419. The van der Waals surface area contributed by atoms with Gasteiger partial charge in [-0.3, -0.25) is 9.89 Å². The zero-order valence-corrected chi connectivity index (χ0v) is 16.0. The fourth-order valence-corrected chi connectivity index (χ4v) is 3.43. The van der Waals surface area contributed by atoms with Crippen LogP contribution >= 0.6 is 11.6 Å². The highest BCUT2D eigenvalue weighted by Crippen LogP contribution is 2.23. The maximum atomic E-state index is 13.3. The first kappa shape index (κ1) is 18.4. The van der Waals surface area contributed by atoms with Crippen LogP contribution in [0.2, 0.25) is 5.02 Å². The summed E-state index contributed by atoms with van der Waals surface area (Å²) in [5.41, 5.74) is 3.42. The molecule has 0 fully saturated rings. The van der Waals surface area contributed by atoms with Crippen LogP contribution in [0.25, 0.3) is 10.9 Å². The van der Waals surface area contributed by atoms with Crippen molar-refractivity contribution < 1.29 is 4.79 Å². The molecule has 28 heavy (non-hydrogen) atoms. The molecule has 1 heterocycles. The molecule has 0 unspecified atom stereocenters. The van der Waals surface area contributed by atoms with Crippen LogP contribution in [-0.2, 0) is 6.42 Å². The number of rotatable bonds is 7. The third-order valence-electron chi connectivity index (χ3n) is 4.77. The van der Waals surface area contributed by atoms with Crippen LogP contribution in [0.1, 0.15) is 27.7 Å². The van der Waals surface area contributed by atoms with E-state index < -0.39 is 6.04 Å². The summed E-state index contributed by atoms with van der Waals surface area (Å²) in [6.45, 7) is 0.662. The summed E-state index contributed by atoms with van der Waals surface area (Å²) in [6.07, 6.45) is 0.801. The number of H-pyrrole nitrogens is 1. The van der Waals surface area contributed by atoms with Gasteiger partial charge in [-0.05, 0) is 35.7 Å². The van der Waals surface area contributed by atoms with Crippen molar-refractivity contribution in [2.75, 3.05) is 6.54 Å². The van der Waals surface area contributed by atoms with Crippen LogP contribution in [0.15, 0.2) is 78.9 Å². The molecule has 0 radical (unpaired) electrons. The molecule has 1 atom stereocenters. The van der Waals surface area contributed by atoms with E-state index in [0.29, 0.717) is 12.2 Å². The molecule has 2 N–H and O–H groups in total. The number of hydrogen-bond acceptors (Lipinski definition) is 3. The summed E-state index contributed by atoms with van der Waals surface area (Å²) >= 11 is 5.95. The van der Waals surface area contributed by atoms with Gasteiger partial charge in [0.25, 0.3) is 0 Å². The molecule has 3 aromatic carbocycles. The second kappa shape index (κ2) is 8.38. The summed E-state index contributed by atoms with van der Waals surface area (Å²) in [4.78, 5) is 13.3. The van der Waals surface area contributed by atoms with E-state index in [4.69, 9.17) is 11.6 Å². The first-order chi connectivity index (χ1) is 13.7. The number of halogens is 1. The van der Waals surface area contributed by atoms with Gasteiger partial charge in [0.05, 0.1) is 11.6 Å². The molecule has 0 aliphatic carbocycles. The van der Waals surface area contributed by atoms with Crippen molar-refractivity contribution in [3.63, 3.8) is 0 Å². The molecule has 4 nitrogen and oxygen atoms in total. The minimum absolute atomic E-state index is 0.0419. The molecule has 0 bridgehead atoms. The zero-order valence-electron chi connectivity index (χ0n) is 15.2. The topological polar surface area (TPSA) is 57.8 Å². The molecule has 140 valence electrons. The number of para-hydroxylation sites is 1. The fourth-order valence-electron chi connectivity index (χ4n) is 3.31. The number of carbonyl (C=O) groups excluding carboxylic acids is 1. The zero-order chi connectivity index (χ0) is 19.3. The number of Topliss-reactive ketones (excluding diaryl/α,β-unsaturated/α-hetero) is 1. The predicted molar refractivity (Wildman–Crippen MR) is 113 cm³/mol.